The molecule has 3 nitrogen and oxygen atoms in total. The Morgan fingerprint density at radius 1 is 1.11 bits per heavy atom. The number of furan rings is 1. The minimum absolute atomic E-state index is 0.0853. The van der Waals surface area contributed by atoms with Gasteiger partial charge >= 0.3 is 6.18 Å². The second kappa shape index (κ2) is 6.97. The number of oxime groups is 1. The molecule has 0 amide bonds. The Labute approximate surface area is 176 Å². The molecule has 0 fully saturated rings. The fourth-order valence-electron chi connectivity index (χ4n) is 3.31. The van der Waals surface area contributed by atoms with Gasteiger partial charge in [0.25, 0.3) is 5.60 Å². The van der Waals surface area contributed by atoms with Crippen LogP contribution in [-0.2, 0) is 15.8 Å². The normalized spacial score (nSPS) is 19.7. The monoisotopic (exact) mass is 491 g/mol. The van der Waals surface area contributed by atoms with Crippen LogP contribution in [-0.4, -0.2) is 11.9 Å². The minimum atomic E-state index is -4.74. The molecule has 1 atom stereocenters. The van der Waals surface area contributed by atoms with Gasteiger partial charge in [0.15, 0.2) is 0 Å². The quantitative estimate of drug-likeness (QED) is 0.362. The van der Waals surface area contributed by atoms with E-state index in [9.17, 15) is 13.2 Å². The third-order valence-corrected chi connectivity index (χ3v) is 5.71. The fraction of sp³-hybridized carbons (Fsp3) is 0.211. The van der Waals surface area contributed by atoms with Gasteiger partial charge in [0.1, 0.15) is 5.58 Å². The van der Waals surface area contributed by atoms with Crippen molar-refractivity contribution in [2.45, 2.75) is 23.5 Å². The van der Waals surface area contributed by atoms with Gasteiger partial charge in [0, 0.05) is 43.9 Å². The maximum atomic E-state index is 14.1. The van der Waals surface area contributed by atoms with Crippen molar-refractivity contribution in [3.63, 3.8) is 0 Å². The number of fused-ring (bicyclic) bond motifs is 1. The molecule has 146 valence electrons. The number of halogens is 6. The third kappa shape index (κ3) is 3.09. The van der Waals surface area contributed by atoms with Crippen LogP contribution in [0.4, 0.5) is 13.2 Å². The highest BCUT2D eigenvalue weighted by Gasteiger charge is 2.62. The van der Waals surface area contributed by atoms with Gasteiger partial charge < -0.3 is 9.25 Å². The summed E-state index contributed by atoms with van der Waals surface area (Å²) in [7, 11) is 0. The van der Waals surface area contributed by atoms with Crippen molar-refractivity contribution in [3.05, 3.63) is 69.4 Å². The molecule has 0 N–H and O–H groups in total. The molecule has 0 saturated carbocycles. The molecule has 0 radical (unpaired) electrons. The van der Waals surface area contributed by atoms with E-state index in [1.807, 2.05) is 0 Å². The molecule has 9 heteroatoms. The maximum absolute atomic E-state index is 14.1. The molecule has 0 saturated heterocycles. The van der Waals surface area contributed by atoms with Crippen LogP contribution in [0, 0.1) is 0 Å². The van der Waals surface area contributed by atoms with Crippen molar-refractivity contribution in [3.8, 4) is 0 Å². The van der Waals surface area contributed by atoms with Gasteiger partial charge in [-0.25, -0.2) is 0 Å². The highest BCUT2D eigenvalue weighted by atomic mass is 79.9. The summed E-state index contributed by atoms with van der Waals surface area (Å²) in [5, 5.41) is 5.19. The first kappa shape index (κ1) is 19.6. The topological polar surface area (TPSA) is 34.7 Å². The number of rotatable bonds is 3. The van der Waals surface area contributed by atoms with E-state index in [0.717, 1.165) is 5.56 Å². The lowest BCUT2D eigenvalue weighted by Crippen LogP contribution is -2.42. The zero-order chi connectivity index (χ0) is 20.1. The molecule has 1 unspecified atom stereocenters. The summed E-state index contributed by atoms with van der Waals surface area (Å²) in [6, 6.07) is 8.95. The predicted molar refractivity (Wildman–Crippen MR) is 105 cm³/mol. The molecule has 0 spiro atoms. The minimum Gasteiger partial charge on any atom is -0.464 e. The summed E-state index contributed by atoms with van der Waals surface area (Å²) in [4.78, 5) is 5.06. The molecule has 2 heterocycles. The first-order valence-corrected chi connectivity index (χ1v) is 9.97. The molecular weight excluding hydrogens is 482 g/mol. The molecule has 2 aromatic carbocycles. The fourth-order valence-corrected chi connectivity index (χ4v) is 4.28. The molecule has 0 bridgehead atoms. The van der Waals surface area contributed by atoms with E-state index in [1.54, 1.807) is 18.2 Å². The van der Waals surface area contributed by atoms with E-state index in [1.165, 1.54) is 24.5 Å². The van der Waals surface area contributed by atoms with E-state index >= 15 is 0 Å². The molecule has 0 aliphatic carbocycles. The average molecular weight is 493 g/mol. The lowest BCUT2D eigenvalue weighted by Gasteiger charge is -2.29. The SMILES string of the molecule is FC(F)(F)C1(c2cc(Cl)cc(Cl)c2)CC(c2ccc(CBr)c3occc23)=NO1. The summed E-state index contributed by atoms with van der Waals surface area (Å²) in [6.07, 6.45) is -3.76. The van der Waals surface area contributed by atoms with Crippen molar-refractivity contribution in [1.82, 2.24) is 0 Å². The molecular formula is C19H11BrCl2F3NO2. The second-order valence-electron chi connectivity index (χ2n) is 6.36. The van der Waals surface area contributed by atoms with Crippen molar-refractivity contribution in [1.29, 1.82) is 0 Å². The largest absolute Gasteiger partial charge is 0.464 e. The first-order valence-electron chi connectivity index (χ1n) is 8.09. The molecule has 28 heavy (non-hydrogen) atoms. The Morgan fingerprint density at radius 2 is 1.82 bits per heavy atom. The zero-order valence-corrected chi connectivity index (χ0v) is 17.1. The van der Waals surface area contributed by atoms with Crippen LogP contribution in [0.3, 0.4) is 0 Å². The second-order valence-corrected chi connectivity index (χ2v) is 7.79. The Kier molecular flexibility index (Phi) is 4.88. The highest BCUT2D eigenvalue weighted by molar-refractivity contribution is 9.08. The summed E-state index contributed by atoms with van der Waals surface area (Å²) in [5.74, 6) is 0. The van der Waals surface area contributed by atoms with Gasteiger partial charge in [0.2, 0.25) is 0 Å². The highest BCUT2D eigenvalue weighted by Crippen LogP contribution is 2.50. The Morgan fingerprint density at radius 3 is 2.46 bits per heavy atom. The predicted octanol–water partition coefficient (Wildman–Crippen LogP) is 7.22. The van der Waals surface area contributed by atoms with Crippen molar-refractivity contribution in [2.24, 2.45) is 5.16 Å². The number of benzene rings is 2. The third-order valence-electron chi connectivity index (χ3n) is 4.67. The molecule has 1 aromatic heterocycles. The van der Waals surface area contributed by atoms with Crippen LogP contribution in [0.25, 0.3) is 11.0 Å². The smallest absolute Gasteiger partial charge is 0.435 e. The number of nitrogens with zero attached hydrogens (tertiary/aromatic N) is 1. The average Bonchev–Trinajstić information content (AvgIpc) is 3.27. The summed E-state index contributed by atoms with van der Waals surface area (Å²) < 4.78 is 47.8. The van der Waals surface area contributed by atoms with E-state index in [0.29, 0.717) is 21.9 Å². The standard InChI is InChI=1S/C19H11BrCl2F3NO2/c20-9-10-1-2-14(15-3-4-27-17(10)15)16-8-18(28-26-16,19(23,24)25)11-5-12(21)7-13(22)6-11/h1-7H,8-9H2. The molecule has 1 aliphatic rings. The van der Waals surface area contributed by atoms with Gasteiger partial charge in [-0.3, -0.25) is 0 Å². The Balaban J connectivity index is 1.81. The number of hydrogen-bond donors (Lipinski definition) is 0. The van der Waals surface area contributed by atoms with E-state index in [4.69, 9.17) is 32.5 Å². The van der Waals surface area contributed by atoms with Crippen LogP contribution in [0.5, 0.6) is 0 Å². The van der Waals surface area contributed by atoms with Crippen molar-refractivity contribution in [2.75, 3.05) is 0 Å². The zero-order valence-electron chi connectivity index (χ0n) is 14.0. The van der Waals surface area contributed by atoms with Crippen molar-refractivity contribution >= 4 is 55.8 Å². The summed E-state index contributed by atoms with van der Waals surface area (Å²) in [5.41, 5.74) is -0.703. The molecule has 4 rings (SSSR count). The van der Waals surface area contributed by atoms with Crippen LogP contribution >= 0.6 is 39.1 Å². The van der Waals surface area contributed by atoms with Crippen LogP contribution in [0.15, 0.2) is 52.2 Å². The van der Waals surface area contributed by atoms with Gasteiger partial charge in [-0.2, -0.15) is 13.2 Å². The van der Waals surface area contributed by atoms with Crippen LogP contribution in [0.2, 0.25) is 10.0 Å². The number of alkyl halides is 4. The first-order chi connectivity index (χ1) is 13.2. The summed E-state index contributed by atoms with van der Waals surface area (Å²) >= 11 is 15.2. The van der Waals surface area contributed by atoms with Gasteiger partial charge in [-0.1, -0.05) is 56.4 Å². The lowest BCUT2D eigenvalue weighted by atomic mass is 9.86. The maximum Gasteiger partial charge on any atom is 0.435 e. The van der Waals surface area contributed by atoms with Gasteiger partial charge in [-0.15, -0.1) is 0 Å². The van der Waals surface area contributed by atoms with E-state index in [-0.39, 0.29) is 21.3 Å². The van der Waals surface area contributed by atoms with E-state index in [2.05, 4.69) is 21.1 Å². The van der Waals surface area contributed by atoms with E-state index < -0.39 is 18.2 Å². The molecule has 3 aromatic rings. The van der Waals surface area contributed by atoms with Crippen LogP contribution in [0.1, 0.15) is 23.1 Å². The van der Waals surface area contributed by atoms with Gasteiger partial charge in [-0.05, 0) is 24.3 Å². The van der Waals surface area contributed by atoms with Gasteiger partial charge in [0.05, 0.1) is 12.0 Å². The Hall–Kier alpha value is -1.70. The lowest BCUT2D eigenvalue weighted by molar-refractivity contribution is -0.275. The van der Waals surface area contributed by atoms with Crippen LogP contribution < -0.4 is 0 Å². The molecule has 1 aliphatic heterocycles. The Bertz CT molecular complexity index is 1080. The summed E-state index contributed by atoms with van der Waals surface area (Å²) in [6.45, 7) is 0. The van der Waals surface area contributed by atoms with Crippen molar-refractivity contribution < 1.29 is 22.4 Å². The number of hydrogen-bond acceptors (Lipinski definition) is 3.